The van der Waals surface area contributed by atoms with Gasteiger partial charge in [-0.15, -0.1) is 0 Å². The Morgan fingerprint density at radius 1 is 1.04 bits per heavy atom. The van der Waals surface area contributed by atoms with E-state index >= 15 is 0 Å². The Labute approximate surface area is 275 Å². The van der Waals surface area contributed by atoms with Gasteiger partial charge >= 0.3 is 0 Å². The molecule has 2 N–H and O–H groups in total. The Kier molecular flexibility index (Phi) is 8.46. The maximum absolute atomic E-state index is 14.9. The predicted molar refractivity (Wildman–Crippen MR) is 170 cm³/mol. The molecule has 2 aliphatic rings. The van der Waals surface area contributed by atoms with Gasteiger partial charge in [-0.3, -0.25) is 19.2 Å². The van der Waals surface area contributed by atoms with E-state index in [1.165, 1.54) is 63.2 Å². The number of carbonyl (C=O) groups excluding carboxylic acids is 4. The van der Waals surface area contributed by atoms with E-state index in [2.05, 4.69) is 5.32 Å². The summed E-state index contributed by atoms with van der Waals surface area (Å²) in [5.41, 5.74) is -1.92. The van der Waals surface area contributed by atoms with E-state index in [9.17, 15) is 32.0 Å². The van der Waals surface area contributed by atoms with Gasteiger partial charge in [0.2, 0.25) is 27.7 Å². The van der Waals surface area contributed by atoms with Crippen LogP contribution in [0.25, 0.3) is 0 Å². The van der Waals surface area contributed by atoms with Crippen molar-refractivity contribution in [2.24, 2.45) is 0 Å². The molecule has 1 fully saturated rings. The van der Waals surface area contributed by atoms with E-state index in [0.717, 1.165) is 11.2 Å². The minimum Gasteiger partial charge on any atom is -0.478 e. The molecule has 1 spiro atoms. The number of sulfonamides is 1. The number of fused-ring (bicyclic) bond motifs is 2. The fraction of sp³-hybridized carbons (Fsp3) is 0.312. The molecule has 2 heterocycles. The lowest BCUT2D eigenvalue weighted by Crippen LogP contribution is -2.59. The van der Waals surface area contributed by atoms with Crippen molar-refractivity contribution >= 4 is 62.5 Å². The summed E-state index contributed by atoms with van der Waals surface area (Å²) in [5.74, 6) is -4.46. The molecule has 5 rings (SSSR count). The van der Waals surface area contributed by atoms with Gasteiger partial charge in [-0.1, -0.05) is 35.3 Å². The average Bonchev–Trinajstić information content (AvgIpc) is 3.19. The van der Waals surface area contributed by atoms with E-state index < -0.39 is 62.4 Å². The number of hydrogen-bond donors (Lipinski definition) is 2. The number of piperidine rings is 1. The van der Waals surface area contributed by atoms with Crippen molar-refractivity contribution in [2.75, 3.05) is 11.2 Å². The van der Waals surface area contributed by atoms with Crippen molar-refractivity contribution in [3.8, 4) is 5.75 Å². The zero-order valence-electron chi connectivity index (χ0n) is 25.4. The summed E-state index contributed by atoms with van der Waals surface area (Å²) in [4.78, 5) is 55.6. The van der Waals surface area contributed by atoms with Crippen LogP contribution in [0.1, 0.15) is 61.4 Å². The quantitative estimate of drug-likeness (QED) is 0.377. The molecule has 0 aromatic heterocycles. The number of nitrogens with zero attached hydrogens (tertiary/aromatic N) is 1. The summed E-state index contributed by atoms with van der Waals surface area (Å²) < 4.78 is 46.6. The molecule has 0 unspecified atom stereocenters. The van der Waals surface area contributed by atoms with Crippen LogP contribution in [-0.2, 0) is 34.6 Å². The number of benzene rings is 3. The largest absolute Gasteiger partial charge is 0.478 e. The molecular weight excluding hydrogens is 660 g/mol. The third-order valence-electron chi connectivity index (χ3n) is 8.31. The van der Waals surface area contributed by atoms with Crippen molar-refractivity contribution < 1.29 is 36.7 Å². The summed E-state index contributed by atoms with van der Waals surface area (Å²) >= 11 is 12.8. The van der Waals surface area contributed by atoms with Gasteiger partial charge < -0.3 is 10.1 Å². The number of amides is 4. The van der Waals surface area contributed by atoms with Gasteiger partial charge in [0.25, 0.3) is 5.91 Å². The molecule has 10 nitrogen and oxygen atoms in total. The molecule has 0 radical (unpaired) electrons. The molecule has 14 heteroatoms. The van der Waals surface area contributed by atoms with E-state index in [-0.39, 0.29) is 33.5 Å². The minimum atomic E-state index is -3.94. The molecule has 0 aliphatic carbocycles. The first-order valence-electron chi connectivity index (χ1n) is 14.1. The maximum Gasteiger partial charge on any atom is 0.277 e. The second kappa shape index (κ2) is 11.7. The molecule has 2 aliphatic heterocycles. The molecule has 4 amide bonds. The number of nitrogens with one attached hydrogen (secondary N) is 2. The number of imide groups is 1. The van der Waals surface area contributed by atoms with Crippen LogP contribution in [0.3, 0.4) is 0 Å². The maximum atomic E-state index is 14.9. The lowest BCUT2D eigenvalue weighted by Gasteiger charge is -2.47. The number of carbonyl (C=O) groups is 4. The van der Waals surface area contributed by atoms with Crippen LogP contribution in [0.4, 0.5) is 10.1 Å². The molecule has 0 saturated carbocycles. The Morgan fingerprint density at radius 2 is 1.70 bits per heavy atom. The monoisotopic (exact) mass is 689 g/mol. The smallest absolute Gasteiger partial charge is 0.277 e. The van der Waals surface area contributed by atoms with Gasteiger partial charge in [0, 0.05) is 34.9 Å². The van der Waals surface area contributed by atoms with Crippen LogP contribution >= 0.6 is 23.2 Å². The van der Waals surface area contributed by atoms with E-state index in [0.29, 0.717) is 16.7 Å². The third-order valence-corrected chi connectivity index (χ3v) is 9.33. The standard InChI is InChI=1S/C32H30Cl2FN3O7S/c1-16-6-9-20(35)14-21(16)28-32(23-10-7-19(34)13-25(23)38(17(2)39)30(32)42)24(15-27(40)36-28)22-12-18(33)8-11-26(22)45-31(3,4)29(41)37-46(5,43)44/h6-14,24,28H,15H2,1-5H3,(H,36,40)(H,37,41)/t24-,28+,32+/m0/s1. The van der Waals surface area contributed by atoms with Gasteiger partial charge in [-0.25, -0.2) is 22.4 Å². The Morgan fingerprint density at radius 3 is 2.35 bits per heavy atom. The highest BCUT2D eigenvalue weighted by molar-refractivity contribution is 7.89. The highest BCUT2D eigenvalue weighted by atomic mass is 35.5. The molecule has 3 aromatic carbocycles. The SMILES string of the molecule is CC(=O)N1C(=O)[C@@]2(c3ccc(Cl)cc31)[C@@H](c1cc(F)ccc1C)NC(=O)C[C@H]2c1cc(Cl)ccc1OC(C)(C)C(=O)NS(C)(=O)=O. The molecule has 1 saturated heterocycles. The fourth-order valence-corrected chi connectivity index (χ4v) is 7.29. The van der Waals surface area contributed by atoms with Crippen molar-refractivity contribution in [3.63, 3.8) is 0 Å². The summed E-state index contributed by atoms with van der Waals surface area (Å²) in [5, 5.41) is 3.35. The first kappa shape index (κ1) is 33.4. The lowest BCUT2D eigenvalue weighted by molar-refractivity contribution is -0.135. The summed E-state index contributed by atoms with van der Waals surface area (Å²) in [6, 6.07) is 11.8. The number of anilines is 1. The predicted octanol–water partition coefficient (Wildman–Crippen LogP) is 4.85. The molecule has 3 aromatic rings. The van der Waals surface area contributed by atoms with Crippen molar-refractivity contribution in [1.29, 1.82) is 0 Å². The number of ether oxygens (including phenoxy) is 1. The van der Waals surface area contributed by atoms with Gasteiger partial charge in [0.05, 0.1) is 18.0 Å². The summed E-state index contributed by atoms with van der Waals surface area (Å²) in [6.07, 6.45) is 0.515. The zero-order chi connectivity index (χ0) is 33.9. The van der Waals surface area contributed by atoms with Crippen LogP contribution in [0.5, 0.6) is 5.75 Å². The average molecular weight is 691 g/mol. The van der Waals surface area contributed by atoms with Crippen molar-refractivity contribution in [1.82, 2.24) is 10.0 Å². The third kappa shape index (κ3) is 5.73. The highest BCUT2D eigenvalue weighted by Crippen LogP contribution is 2.60. The van der Waals surface area contributed by atoms with Crippen molar-refractivity contribution in [2.45, 2.75) is 57.1 Å². The molecule has 242 valence electrons. The second-order valence-corrected chi connectivity index (χ2v) is 14.6. The van der Waals surface area contributed by atoms with E-state index in [1.54, 1.807) is 19.1 Å². The van der Waals surface area contributed by atoms with E-state index in [1.807, 2.05) is 4.72 Å². The molecule has 46 heavy (non-hydrogen) atoms. The van der Waals surface area contributed by atoms with Crippen LogP contribution in [0.2, 0.25) is 10.0 Å². The molecular formula is C32H30Cl2FN3O7S. The minimum absolute atomic E-state index is 0.0245. The Balaban J connectivity index is 1.82. The van der Waals surface area contributed by atoms with Gasteiger partial charge in [-0.2, -0.15) is 0 Å². The lowest BCUT2D eigenvalue weighted by atomic mass is 9.58. The van der Waals surface area contributed by atoms with Crippen LogP contribution in [0, 0.1) is 12.7 Å². The normalized spacial score (nSPS) is 21.2. The summed E-state index contributed by atoms with van der Waals surface area (Å²) in [7, 11) is -3.94. The number of rotatable bonds is 6. The molecule has 3 atom stereocenters. The van der Waals surface area contributed by atoms with Gasteiger partial charge in [0.1, 0.15) is 17.0 Å². The molecule has 0 bridgehead atoms. The highest BCUT2D eigenvalue weighted by Gasteiger charge is 2.64. The van der Waals surface area contributed by atoms with Gasteiger partial charge in [-0.05, 0) is 79.9 Å². The first-order valence-corrected chi connectivity index (χ1v) is 16.7. The van der Waals surface area contributed by atoms with Crippen LogP contribution < -0.4 is 19.7 Å². The Hall–Kier alpha value is -4.00. The van der Waals surface area contributed by atoms with Gasteiger partial charge in [0.15, 0.2) is 5.60 Å². The summed E-state index contributed by atoms with van der Waals surface area (Å²) in [6.45, 7) is 5.63. The zero-order valence-corrected chi connectivity index (χ0v) is 27.7. The van der Waals surface area contributed by atoms with Crippen LogP contribution in [0.15, 0.2) is 54.6 Å². The number of aryl methyl sites for hydroxylation is 1. The second-order valence-electron chi connectivity index (χ2n) is 11.9. The van der Waals surface area contributed by atoms with E-state index in [4.69, 9.17) is 27.9 Å². The first-order chi connectivity index (χ1) is 21.4. The topological polar surface area (TPSA) is 139 Å². The number of hydrogen-bond acceptors (Lipinski definition) is 7. The Bertz CT molecular complexity index is 1930. The fourth-order valence-electron chi connectivity index (χ4n) is 6.36. The number of halogens is 3. The van der Waals surface area contributed by atoms with Crippen LogP contribution in [-0.4, -0.2) is 43.9 Å². The van der Waals surface area contributed by atoms with Crippen molar-refractivity contribution in [3.05, 3.63) is 92.7 Å².